The second-order valence-corrected chi connectivity index (χ2v) is 5.38. The van der Waals surface area contributed by atoms with Crippen molar-refractivity contribution in [1.82, 2.24) is 10.6 Å². The molecule has 5 heteroatoms. The van der Waals surface area contributed by atoms with E-state index in [1.54, 1.807) is 11.8 Å². The average Bonchev–Trinajstić information content (AvgIpc) is 2.93. The molecule has 0 saturated carbocycles. The van der Waals surface area contributed by atoms with Crippen LogP contribution in [0.5, 0.6) is 0 Å². The number of carbonyl (C=O) groups is 1. The number of carbonyl (C=O) groups excluding carboxylic acids is 1. The van der Waals surface area contributed by atoms with E-state index >= 15 is 0 Å². The van der Waals surface area contributed by atoms with Gasteiger partial charge in [-0.3, -0.25) is 10.1 Å². The Bertz CT molecular complexity index is 380. The fourth-order valence-corrected chi connectivity index (χ4v) is 2.87. The summed E-state index contributed by atoms with van der Waals surface area (Å²) >= 11 is 1.71. The summed E-state index contributed by atoms with van der Waals surface area (Å²) in [5, 5.41) is 15.4. The van der Waals surface area contributed by atoms with Gasteiger partial charge in [-0.25, -0.2) is 0 Å². The Morgan fingerprint density at radius 3 is 2.89 bits per heavy atom. The van der Waals surface area contributed by atoms with Crippen molar-refractivity contribution in [3.8, 4) is 0 Å². The molecule has 4 nitrogen and oxygen atoms in total. The molecule has 1 amide bonds. The van der Waals surface area contributed by atoms with Gasteiger partial charge in [-0.2, -0.15) is 0 Å². The van der Waals surface area contributed by atoms with Gasteiger partial charge in [-0.05, 0) is 12.0 Å². The number of hydrogen-bond acceptors (Lipinski definition) is 4. The van der Waals surface area contributed by atoms with Crippen molar-refractivity contribution in [2.24, 2.45) is 0 Å². The summed E-state index contributed by atoms with van der Waals surface area (Å²) in [6.07, 6.45) is 0.656. The molecule has 0 radical (unpaired) electrons. The first-order chi connectivity index (χ1) is 8.79. The van der Waals surface area contributed by atoms with Crippen molar-refractivity contribution >= 4 is 17.7 Å². The van der Waals surface area contributed by atoms with Gasteiger partial charge >= 0.3 is 0 Å². The summed E-state index contributed by atoms with van der Waals surface area (Å²) in [6.45, 7) is -0.0412. The van der Waals surface area contributed by atoms with E-state index in [9.17, 15) is 9.90 Å². The molecule has 1 aromatic carbocycles. The van der Waals surface area contributed by atoms with Gasteiger partial charge in [0.25, 0.3) is 0 Å². The summed E-state index contributed by atoms with van der Waals surface area (Å²) in [5.74, 6) is 1.60. The van der Waals surface area contributed by atoms with Crippen LogP contribution in [-0.4, -0.2) is 41.3 Å². The Balaban J connectivity index is 1.87. The number of amides is 1. The molecule has 3 N–H and O–H groups in total. The van der Waals surface area contributed by atoms with E-state index in [2.05, 4.69) is 10.6 Å². The summed E-state index contributed by atoms with van der Waals surface area (Å²) in [7, 11) is 0. The molecule has 0 spiro atoms. The lowest BCUT2D eigenvalue weighted by Crippen LogP contribution is -2.48. The van der Waals surface area contributed by atoms with Gasteiger partial charge in [0.2, 0.25) is 5.91 Å². The van der Waals surface area contributed by atoms with Crippen molar-refractivity contribution in [1.29, 1.82) is 0 Å². The lowest BCUT2D eigenvalue weighted by atomic mass is 10.1. The molecule has 98 valence electrons. The topological polar surface area (TPSA) is 61.4 Å². The molecule has 2 unspecified atom stereocenters. The minimum absolute atomic E-state index is 0.0185. The van der Waals surface area contributed by atoms with Crippen molar-refractivity contribution in [3.63, 3.8) is 0 Å². The summed E-state index contributed by atoms with van der Waals surface area (Å²) in [6, 6.07) is 9.53. The summed E-state index contributed by atoms with van der Waals surface area (Å²) in [5.41, 5.74) is 1.12. The van der Waals surface area contributed by atoms with E-state index in [0.29, 0.717) is 6.42 Å². The minimum Gasteiger partial charge on any atom is -0.394 e. The molecule has 0 aliphatic carbocycles. The predicted molar refractivity (Wildman–Crippen MR) is 73.4 cm³/mol. The van der Waals surface area contributed by atoms with Crippen LogP contribution in [0, 0.1) is 0 Å². The van der Waals surface area contributed by atoms with Crippen LogP contribution >= 0.6 is 11.8 Å². The fourth-order valence-electron chi connectivity index (χ4n) is 1.93. The summed E-state index contributed by atoms with van der Waals surface area (Å²) < 4.78 is 0. The standard InChI is InChI=1S/C13H18N2O2S/c16-7-11(6-10-4-2-1-3-5-10)15-13(17)12-8-18-9-14-12/h1-5,11-12,14,16H,6-9H2,(H,15,17). The van der Waals surface area contributed by atoms with E-state index in [1.807, 2.05) is 30.3 Å². The maximum absolute atomic E-state index is 11.9. The van der Waals surface area contributed by atoms with E-state index < -0.39 is 0 Å². The first kappa shape index (κ1) is 13.4. The maximum atomic E-state index is 11.9. The SMILES string of the molecule is O=C(NC(CO)Cc1ccccc1)C1CSCN1. The second kappa shape index (κ2) is 6.78. The van der Waals surface area contributed by atoms with Crippen molar-refractivity contribution in [2.75, 3.05) is 18.2 Å². The third-order valence-electron chi connectivity index (χ3n) is 2.92. The highest BCUT2D eigenvalue weighted by molar-refractivity contribution is 7.99. The van der Waals surface area contributed by atoms with Gasteiger partial charge in [-0.1, -0.05) is 30.3 Å². The lowest BCUT2D eigenvalue weighted by Gasteiger charge is -2.18. The third-order valence-corrected chi connectivity index (χ3v) is 3.86. The predicted octanol–water partition coefficient (Wildman–Crippen LogP) is 0.369. The molecule has 0 bridgehead atoms. The van der Waals surface area contributed by atoms with Crippen LogP contribution in [0.15, 0.2) is 30.3 Å². The van der Waals surface area contributed by atoms with Crippen LogP contribution in [0.1, 0.15) is 5.56 Å². The Morgan fingerprint density at radius 2 is 2.28 bits per heavy atom. The van der Waals surface area contributed by atoms with E-state index in [4.69, 9.17) is 0 Å². The molecule has 1 saturated heterocycles. The highest BCUT2D eigenvalue weighted by atomic mass is 32.2. The van der Waals surface area contributed by atoms with Crippen molar-refractivity contribution in [3.05, 3.63) is 35.9 Å². The normalized spacial score (nSPS) is 20.6. The molecule has 1 aromatic rings. The highest BCUT2D eigenvalue weighted by Crippen LogP contribution is 2.10. The number of nitrogens with one attached hydrogen (secondary N) is 2. The van der Waals surface area contributed by atoms with Crippen LogP contribution in [0.3, 0.4) is 0 Å². The maximum Gasteiger partial charge on any atom is 0.238 e. The Kier molecular flexibility index (Phi) is 5.04. The van der Waals surface area contributed by atoms with Crippen LogP contribution in [0.4, 0.5) is 0 Å². The Labute approximate surface area is 111 Å². The summed E-state index contributed by atoms with van der Waals surface area (Å²) in [4.78, 5) is 11.9. The molecule has 2 atom stereocenters. The number of rotatable bonds is 5. The van der Waals surface area contributed by atoms with Crippen LogP contribution in [0.2, 0.25) is 0 Å². The van der Waals surface area contributed by atoms with Crippen molar-refractivity contribution in [2.45, 2.75) is 18.5 Å². The molecular formula is C13H18N2O2S. The van der Waals surface area contributed by atoms with Gasteiger partial charge in [0.05, 0.1) is 18.7 Å². The minimum atomic E-state index is -0.215. The number of aliphatic hydroxyl groups excluding tert-OH is 1. The van der Waals surface area contributed by atoms with E-state index in [-0.39, 0.29) is 24.6 Å². The second-order valence-electron chi connectivity index (χ2n) is 4.35. The number of aliphatic hydroxyl groups is 1. The first-order valence-electron chi connectivity index (χ1n) is 6.06. The Hall–Kier alpha value is -1.04. The van der Waals surface area contributed by atoms with Crippen LogP contribution in [0.25, 0.3) is 0 Å². The smallest absolute Gasteiger partial charge is 0.238 e. The zero-order valence-corrected chi connectivity index (χ0v) is 11.0. The van der Waals surface area contributed by atoms with Gasteiger partial charge < -0.3 is 10.4 Å². The van der Waals surface area contributed by atoms with Gasteiger partial charge in [0.1, 0.15) is 0 Å². The highest BCUT2D eigenvalue weighted by Gasteiger charge is 2.24. The monoisotopic (exact) mass is 266 g/mol. The van der Waals surface area contributed by atoms with Crippen LogP contribution < -0.4 is 10.6 Å². The zero-order chi connectivity index (χ0) is 12.8. The Morgan fingerprint density at radius 1 is 1.50 bits per heavy atom. The fraction of sp³-hybridized carbons (Fsp3) is 0.462. The molecule has 18 heavy (non-hydrogen) atoms. The molecular weight excluding hydrogens is 248 g/mol. The molecule has 1 heterocycles. The van der Waals surface area contributed by atoms with Crippen molar-refractivity contribution < 1.29 is 9.90 Å². The quantitative estimate of drug-likeness (QED) is 0.720. The molecule has 0 aromatic heterocycles. The van der Waals surface area contributed by atoms with Gasteiger partial charge in [0, 0.05) is 11.6 Å². The molecule has 1 aliphatic rings. The number of thioether (sulfide) groups is 1. The molecule has 2 rings (SSSR count). The van der Waals surface area contributed by atoms with Crippen LogP contribution in [-0.2, 0) is 11.2 Å². The van der Waals surface area contributed by atoms with Gasteiger partial charge in [0.15, 0.2) is 0 Å². The van der Waals surface area contributed by atoms with E-state index in [0.717, 1.165) is 17.2 Å². The molecule has 1 fully saturated rings. The average molecular weight is 266 g/mol. The number of benzene rings is 1. The van der Waals surface area contributed by atoms with Gasteiger partial charge in [-0.15, -0.1) is 11.8 Å². The number of hydrogen-bond donors (Lipinski definition) is 3. The van der Waals surface area contributed by atoms with E-state index in [1.165, 1.54) is 0 Å². The first-order valence-corrected chi connectivity index (χ1v) is 7.21. The lowest BCUT2D eigenvalue weighted by molar-refractivity contribution is -0.123. The molecule has 1 aliphatic heterocycles. The largest absolute Gasteiger partial charge is 0.394 e. The zero-order valence-electron chi connectivity index (χ0n) is 10.1. The third kappa shape index (κ3) is 3.73.